The van der Waals surface area contributed by atoms with Crippen LogP contribution in [0.5, 0.6) is 0 Å². The summed E-state index contributed by atoms with van der Waals surface area (Å²) >= 11 is 0. The van der Waals surface area contributed by atoms with Gasteiger partial charge in [0, 0.05) is 30.9 Å². The van der Waals surface area contributed by atoms with Gasteiger partial charge in [-0.05, 0) is 69.2 Å². The van der Waals surface area contributed by atoms with Crippen molar-refractivity contribution >= 4 is 23.4 Å². The fourth-order valence-corrected chi connectivity index (χ4v) is 8.23. The predicted octanol–water partition coefficient (Wildman–Crippen LogP) is 3.90. The molecule has 4 aliphatic heterocycles. The standard InChI is InChI=1S/C33H46N4O4/c1-20-9-7-12-24(19-20)34-30(38)27-26-14-15-33(41-26)28(27)32(40)37(18-17-36-16-6-5-11-22(36)3)29(33)31(39)35-25-13-8-10-21(2)23(25)4/h7,9,12,14-15,19,21-23,25-29H,5-6,8,10-11,13,16-18H2,1-4H3,(H,34,38)(H,35,39)/t21-,22-,23-,25+,26-,27+,28-,29-,33-/m0/s1. The first-order valence-corrected chi connectivity index (χ1v) is 15.8. The molecular weight excluding hydrogens is 516 g/mol. The lowest BCUT2D eigenvalue weighted by Gasteiger charge is -2.39. The zero-order valence-electron chi connectivity index (χ0n) is 25.0. The van der Waals surface area contributed by atoms with Crippen LogP contribution in [0.3, 0.4) is 0 Å². The van der Waals surface area contributed by atoms with Gasteiger partial charge in [-0.3, -0.25) is 19.3 Å². The molecule has 1 aliphatic carbocycles. The highest BCUT2D eigenvalue weighted by Crippen LogP contribution is 2.55. The van der Waals surface area contributed by atoms with Crippen molar-refractivity contribution in [1.82, 2.24) is 15.1 Å². The number of rotatable bonds is 7. The van der Waals surface area contributed by atoms with E-state index in [0.717, 1.165) is 37.8 Å². The van der Waals surface area contributed by atoms with Crippen LogP contribution in [0.25, 0.3) is 0 Å². The molecule has 2 bridgehead atoms. The van der Waals surface area contributed by atoms with Crippen LogP contribution < -0.4 is 10.6 Å². The predicted molar refractivity (Wildman–Crippen MR) is 158 cm³/mol. The van der Waals surface area contributed by atoms with Gasteiger partial charge in [0.15, 0.2) is 0 Å². The Labute approximate surface area is 244 Å². The van der Waals surface area contributed by atoms with Gasteiger partial charge in [-0.25, -0.2) is 0 Å². The Morgan fingerprint density at radius 3 is 2.66 bits per heavy atom. The molecule has 0 radical (unpaired) electrons. The van der Waals surface area contributed by atoms with E-state index in [4.69, 9.17) is 4.74 Å². The van der Waals surface area contributed by atoms with Crippen LogP contribution in [0.15, 0.2) is 36.4 Å². The van der Waals surface area contributed by atoms with Gasteiger partial charge in [0.2, 0.25) is 17.7 Å². The summed E-state index contributed by atoms with van der Waals surface area (Å²) in [6, 6.07) is 7.40. The summed E-state index contributed by atoms with van der Waals surface area (Å²) < 4.78 is 6.55. The Balaban J connectivity index is 1.28. The van der Waals surface area contributed by atoms with Gasteiger partial charge in [0.1, 0.15) is 11.6 Å². The maximum absolute atomic E-state index is 14.3. The maximum Gasteiger partial charge on any atom is 0.246 e. The third kappa shape index (κ3) is 5.01. The minimum Gasteiger partial charge on any atom is -0.359 e. The monoisotopic (exact) mass is 562 g/mol. The summed E-state index contributed by atoms with van der Waals surface area (Å²) in [6.45, 7) is 10.9. The normalized spacial score (nSPS) is 38.2. The third-order valence-electron chi connectivity index (χ3n) is 10.8. The van der Waals surface area contributed by atoms with E-state index in [9.17, 15) is 14.4 Å². The van der Waals surface area contributed by atoms with Crippen LogP contribution in [-0.4, -0.2) is 77.0 Å². The largest absolute Gasteiger partial charge is 0.359 e. The highest BCUT2D eigenvalue weighted by Gasteiger charge is 2.72. The molecule has 8 nitrogen and oxygen atoms in total. The van der Waals surface area contributed by atoms with Gasteiger partial charge in [-0.1, -0.05) is 57.4 Å². The Kier molecular flexibility index (Phi) is 7.74. The number of hydrogen-bond donors (Lipinski definition) is 2. The van der Waals surface area contributed by atoms with Crippen molar-refractivity contribution in [2.24, 2.45) is 23.7 Å². The van der Waals surface area contributed by atoms with E-state index in [1.54, 1.807) is 4.90 Å². The molecule has 0 aromatic heterocycles. The third-order valence-corrected chi connectivity index (χ3v) is 10.8. The lowest BCUT2D eigenvalue weighted by Crippen LogP contribution is -2.58. The second-order valence-corrected chi connectivity index (χ2v) is 13.4. The van der Waals surface area contributed by atoms with Crippen molar-refractivity contribution in [1.29, 1.82) is 0 Å². The molecule has 3 amide bonds. The average molecular weight is 563 g/mol. The van der Waals surface area contributed by atoms with E-state index in [2.05, 4.69) is 36.3 Å². The molecule has 41 heavy (non-hydrogen) atoms. The molecule has 1 spiro atoms. The number of nitrogens with one attached hydrogen (secondary N) is 2. The van der Waals surface area contributed by atoms with E-state index in [0.29, 0.717) is 36.7 Å². The fraction of sp³-hybridized carbons (Fsp3) is 0.667. The fourth-order valence-electron chi connectivity index (χ4n) is 8.23. The van der Waals surface area contributed by atoms with E-state index < -0.39 is 29.6 Å². The van der Waals surface area contributed by atoms with Gasteiger partial charge in [0.05, 0.1) is 17.9 Å². The topological polar surface area (TPSA) is 91.0 Å². The van der Waals surface area contributed by atoms with Gasteiger partial charge < -0.3 is 20.3 Å². The number of ether oxygens (including phenoxy) is 1. The first-order chi connectivity index (χ1) is 19.7. The molecule has 5 aliphatic rings. The van der Waals surface area contributed by atoms with Crippen molar-refractivity contribution in [3.05, 3.63) is 42.0 Å². The minimum atomic E-state index is -1.13. The van der Waals surface area contributed by atoms with Crippen LogP contribution in [0.4, 0.5) is 5.69 Å². The van der Waals surface area contributed by atoms with Crippen LogP contribution in [0.2, 0.25) is 0 Å². The average Bonchev–Trinajstić information content (AvgIpc) is 3.58. The molecular formula is C33H46N4O4. The summed E-state index contributed by atoms with van der Waals surface area (Å²) in [5.41, 5.74) is 0.616. The van der Waals surface area contributed by atoms with Gasteiger partial charge in [-0.2, -0.15) is 0 Å². The van der Waals surface area contributed by atoms with Crippen molar-refractivity contribution in [2.45, 2.75) is 96.1 Å². The lowest BCUT2D eigenvalue weighted by atomic mass is 9.73. The first-order valence-electron chi connectivity index (χ1n) is 15.8. The molecule has 8 heteroatoms. The van der Waals surface area contributed by atoms with E-state index >= 15 is 0 Å². The summed E-state index contributed by atoms with van der Waals surface area (Å²) in [4.78, 5) is 46.4. The van der Waals surface area contributed by atoms with Gasteiger partial charge in [0.25, 0.3) is 0 Å². The van der Waals surface area contributed by atoms with Crippen molar-refractivity contribution < 1.29 is 19.1 Å². The quantitative estimate of drug-likeness (QED) is 0.492. The van der Waals surface area contributed by atoms with E-state index in [1.807, 2.05) is 43.3 Å². The van der Waals surface area contributed by atoms with Gasteiger partial charge >= 0.3 is 0 Å². The zero-order valence-corrected chi connectivity index (χ0v) is 25.0. The lowest BCUT2D eigenvalue weighted by molar-refractivity contribution is -0.142. The highest BCUT2D eigenvalue weighted by molar-refractivity contribution is 6.02. The number of anilines is 1. The number of aryl methyl sites for hydroxylation is 1. The van der Waals surface area contributed by atoms with Crippen molar-refractivity contribution in [3.63, 3.8) is 0 Å². The number of amides is 3. The Hall–Kier alpha value is -2.71. The Morgan fingerprint density at radius 1 is 1.05 bits per heavy atom. The van der Waals surface area contributed by atoms with Crippen LogP contribution in [0.1, 0.15) is 64.9 Å². The molecule has 0 unspecified atom stereocenters. The summed E-state index contributed by atoms with van der Waals surface area (Å²) in [5, 5.41) is 6.39. The maximum atomic E-state index is 14.3. The molecule has 2 N–H and O–H groups in total. The highest BCUT2D eigenvalue weighted by atomic mass is 16.5. The molecule has 6 rings (SSSR count). The molecule has 4 heterocycles. The molecule has 1 aromatic rings. The number of carbonyl (C=O) groups is 3. The van der Waals surface area contributed by atoms with Crippen LogP contribution in [0, 0.1) is 30.6 Å². The molecule has 9 atom stereocenters. The number of carbonyl (C=O) groups excluding carboxylic acids is 3. The second-order valence-electron chi connectivity index (χ2n) is 13.4. The molecule has 3 saturated heterocycles. The molecule has 4 fully saturated rings. The summed E-state index contributed by atoms with van der Waals surface area (Å²) in [5.74, 6) is -1.03. The number of nitrogens with zero attached hydrogens (tertiary/aromatic N) is 2. The molecule has 222 valence electrons. The van der Waals surface area contributed by atoms with Gasteiger partial charge in [-0.15, -0.1) is 0 Å². The first kappa shape index (κ1) is 28.4. The summed E-state index contributed by atoms with van der Waals surface area (Å²) in [7, 11) is 0. The summed E-state index contributed by atoms with van der Waals surface area (Å²) in [6.07, 6.45) is 10.0. The smallest absolute Gasteiger partial charge is 0.246 e. The SMILES string of the molecule is Cc1cccc(NC(=O)[C@@H]2[C@@H]3C=C[C@]4(O3)[C@@H]2C(=O)N(CCN2CCCC[C@@H]2C)[C@H]4C(=O)N[C@@H]2CCC[C@H](C)[C@@H]2C)c1. The van der Waals surface area contributed by atoms with Crippen molar-refractivity contribution in [3.8, 4) is 0 Å². The number of hydrogen-bond acceptors (Lipinski definition) is 5. The number of piperidine rings is 1. The zero-order chi connectivity index (χ0) is 28.9. The molecule has 1 aromatic carbocycles. The van der Waals surface area contributed by atoms with Crippen molar-refractivity contribution in [2.75, 3.05) is 25.0 Å². The van der Waals surface area contributed by atoms with E-state index in [1.165, 1.54) is 12.8 Å². The van der Waals surface area contributed by atoms with Crippen LogP contribution in [-0.2, 0) is 19.1 Å². The minimum absolute atomic E-state index is 0.0729. The molecule has 1 saturated carbocycles. The van der Waals surface area contributed by atoms with E-state index in [-0.39, 0.29) is 23.8 Å². The number of fused-ring (bicyclic) bond motifs is 1. The number of benzene rings is 1. The number of likely N-dealkylation sites (tertiary alicyclic amines) is 2. The Bertz CT molecular complexity index is 1220. The Morgan fingerprint density at radius 2 is 1.88 bits per heavy atom. The second kappa shape index (κ2) is 11.2. The van der Waals surface area contributed by atoms with Crippen LogP contribution >= 0.6 is 0 Å².